The van der Waals surface area contributed by atoms with Gasteiger partial charge < -0.3 is 23.7 Å². The van der Waals surface area contributed by atoms with Gasteiger partial charge in [-0.2, -0.15) is 0 Å². The fourth-order valence-corrected chi connectivity index (χ4v) is 4.40. The first kappa shape index (κ1) is 39.4. The predicted molar refractivity (Wildman–Crippen MR) is 172 cm³/mol. The summed E-state index contributed by atoms with van der Waals surface area (Å²) >= 11 is 0. The molecule has 0 saturated carbocycles. The summed E-state index contributed by atoms with van der Waals surface area (Å²) in [7, 11) is 6.50. The van der Waals surface area contributed by atoms with Crippen molar-refractivity contribution >= 4 is 29.6 Å². The summed E-state index contributed by atoms with van der Waals surface area (Å²) < 4.78 is 25.9. The molecule has 2 aliphatic rings. The molecule has 2 rings (SSSR count). The number of carbonyl (C=O) groups excluding carboxylic acids is 1. The summed E-state index contributed by atoms with van der Waals surface area (Å²) in [6.07, 6.45) is 4.01. The summed E-state index contributed by atoms with van der Waals surface area (Å²) in [6.45, 7) is 19.8. The Labute approximate surface area is 257 Å². The molecule has 0 aromatic carbocycles. The molecular formula is C30H53N7O6. The van der Waals surface area contributed by atoms with E-state index >= 15 is 0 Å². The molecule has 13 nitrogen and oxygen atoms in total. The lowest BCUT2D eigenvalue weighted by Crippen LogP contribution is -2.45. The second-order valence-corrected chi connectivity index (χ2v) is 11.1. The van der Waals surface area contributed by atoms with Crippen LogP contribution in [0.5, 0.6) is 0 Å². The summed E-state index contributed by atoms with van der Waals surface area (Å²) in [5, 5.41) is 3.54. The van der Waals surface area contributed by atoms with Crippen LogP contribution in [-0.2, 0) is 28.5 Å². The quantitative estimate of drug-likeness (QED) is 0.103. The van der Waals surface area contributed by atoms with Crippen molar-refractivity contribution in [2.75, 3.05) is 41.6 Å². The number of hydrogen-bond donors (Lipinski definition) is 0. The van der Waals surface area contributed by atoms with Gasteiger partial charge in [0.05, 0.1) is 28.4 Å². The van der Waals surface area contributed by atoms with Gasteiger partial charge in [-0.15, -0.1) is 0 Å². The van der Waals surface area contributed by atoms with Crippen molar-refractivity contribution in [3.05, 3.63) is 23.1 Å². The lowest BCUT2D eigenvalue weighted by Gasteiger charge is -2.33. The highest BCUT2D eigenvalue weighted by Gasteiger charge is 2.40. The molecule has 0 aliphatic carbocycles. The van der Waals surface area contributed by atoms with Gasteiger partial charge in [0, 0.05) is 18.4 Å². The minimum absolute atomic E-state index is 0.0279. The highest BCUT2D eigenvalue weighted by atomic mass is 16.5. The molecule has 13 heteroatoms. The number of rotatable bonds is 9. The van der Waals surface area contributed by atoms with Crippen molar-refractivity contribution in [1.29, 1.82) is 0 Å². The van der Waals surface area contributed by atoms with Crippen molar-refractivity contribution in [1.82, 2.24) is 0 Å². The number of nitrogens with zero attached hydrogens (tertiary/aromatic N) is 7. The minimum Gasteiger partial charge on any atom is -0.483 e. The van der Waals surface area contributed by atoms with Crippen molar-refractivity contribution in [3.63, 3.8) is 0 Å². The van der Waals surface area contributed by atoms with Crippen LogP contribution < -0.4 is 0 Å². The number of ether oxygens (including phenoxy) is 5. The Morgan fingerprint density at radius 1 is 0.930 bits per heavy atom. The maximum absolute atomic E-state index is 9.93. The number of hydrogen-bond acceptors (Lipinski definition) is 11. The van der Waals surface area contributed by atoms with Crippen LogP contribution in [0.4, 0.5) is 0 Å². The molecular weight excluding hydrogens is 554 g/mol. The van der Waals surface area contributed by atoms with Gasteiger partial charge in [-0.05, 0) is 44.1 Å². The smallest absolute Gasteiger partial charge is 0.302 e. The second kappa shape index (κ2) is 19.6. The molecule has 0 aromatic heterocycles. The molecule has 0 amide bonds. The van der Waals surface area contributed by atoms with Crippen molar-refractivity contribution < 1.29 is 28.5 Å². The van der Waals surface area contributed by atoms with E-state index in [0.29, 0.717) is 37.3 Å². The zero-order valence-electron chi connectivity index (χ0n) is 28.2. The van der Waals surface area contributed by atoms with Crippen LogP contribution in [0.25, 0.3) is 10.4 Å². The van der Waals surface area contributed by atoms with Crippen LogP contribution in [0.15, 0.2) is 37.7 Å². The van der Waals surface area contributed by atoms with Gasteiger partial charge in [0.25, 0.3) is 0 Å². The van der Waals surface area contributed by atoms with E-state index in [2.05, 4.69) is 77.9 Å². The van der Waals surface area contributed by atoms with Gasteiger partial charge in [0.15, 0.2) is 0 Å². The van der Waals surface area contributed by atoms with E-state index in [9.17, 15) is 4.79 Å². The molecule has 2 heterocycles. The summed E-state index contributed by atoms with van der Waals surface area (Å²) in [6, 6.07) is -0.160. The SMILES string of the molecule is C=CCOC(C)=O.CCC[C@]1(C)N=C(OC)[C@@H](C(C)C)N=C1OC.COC1=N[C@@](C)(CCN=[N+]=[N-])C(OC)=N[C@@H]1C(C)C. The van der Waals surface area contributed by atoms with E-state index in [1.54, 1.807) is 28.4 Å². The first-order valence-electron chi connectivity index (χ1n) is 14.5. The molecule has 2 aliphatic heterocycles. The van der Waals surface area contributed by atoms with E-state index in [1.165, 1.54) is 13.0 Å². The van der Waals surface area contributed by atoms with Crippen LogP contribution in [0.2, 0.25) is 0 Å². The van der Waals surface area contributed by atoms with Crippen molar-refractivity contribution in [2.45, 2.75) is 97.8 Å². The molecule has 244 valence electrons. The second-order valence-electron chi connectivity index (χ2n) is 11.1. The van der Waals surface area contributed by atoms with Crippen LogP contribution >= 0.6 is 0 Å². The first-order valence-corrected chi connectivity index (χ1v) is 14.5. The molecule has 4 atom stereocenters. The highest BCUT2D eigenvalue weighted by molar-refractivity contribution is 5.97. The zero-order chi connectivity index (χ0) is 33.2. The predicted octanol–water partition coefficient (Wildman–Crippen LogP) is 5.98. The van der Waals surface area contributed by atoms with Crippen molar-refractivity contribution in [3.8, 4) is 0 Å². The van der Waals surface area contributed by atoms with E-state index < -0.39 is 5.54 Å². The number of aliphatic imine (C=N–C) groups is 4. The van der Waals surface area contributed by atoms with Crippen LogP contribution in [0, 0.1) is 11.8 Å². The van der Waals surface area contributed by atoms with Gasteiger partial charge in [0.2, 0.25) is 23.6 Å². The zero-order valence-corrected chi connectivity index (χ0v) is 28.2. The number of azide groups is 1. The lowest BCUT2D eigenvalue weighted by molar-refractivity contribution is -0.139. The molecule has 0 fully saturated rings. The molecule has 0 spiro atoms. The molecule has 0 unspecified atom stereocenters. The molecule has 0 aromatic rings. The van der Waals surface area contributed by atoms with Gasteiger partial charge in [0.1, 0.15) is 29.8 Å². The van der Waals surface area contributed by atoms with Gasteiger partial charge >= 0.3 is 5.97 Å². The lowest BCUT2D eigenvalue weighted by atomic mass is 9.93. The third kappa shape index (κ3) is 12.3. The third-order valence-corrected chi connectivity index (χ3v) is 6.63. The Bertz CT molecular complexity index is 1070. The van der Waals surface area contributed by atoms with Crippen LogP contribution in [0.3, 0.4) is 0 Å². The fraction of sp³-hybridized carbons (Fsp3) is 0.767. The van der Waals surface area contributed by atoms with Crippen molar-refractivity contribution in [2.24, 2.45) is 36.9 Å². The molecule has 0 bridgehead atoms. The number of carbonyl (C=O) groups is 1. The Morgan fingerprint density at radius 3 is 1.65 bits per heavy atom. The van der Waals surface area contributed by atoms with Crippen LogP contribution in [-0.4, -0.2) is 94.3 Å². The Balaban J connectivity index is 0.000000677. The molecule has 0 saturated heterocycles. The van der Waals surface area contributed by atoms with E-state index in [-0.39, 0.29) is 29.5 Å². The monoisotopic (exact) mass is 607 g/mol. The van der Waals surface area contributed by atoms with Gasteiger partial charge in [-0.25, -0.2) is 20.0 Å². The average molecular weight is 608 g/mol. The first-order chi connectivity index (χ1) is 20.2. The topological polar surface area (TPSA) is 161 Å². The molecule has 0 radical (unpaired) electrons. The minimum atomic E-state index is -0.639. The standard InChI is InChI=1S/C13H24N2O2.C12H21N5O2.C5H8O2/c1-7-8-13(4)12(17-6)14-10(9(2)3)11(15-13)16-5;1-8(2)9-10(18-4)16-12(3,6-7-14-17-13)11(15-9)19-5;1-3-4-7-5(2)6/h9-10H,7-8H2,1-6H3;8-9H,6-7H2,1-5H3;3H,1,4H2,2H3/t10-,13+;9-,12+;/m11./s1. The molecule has 0 N–H and O–H groups in total. The van der Waals surface area contributed by atoms with E-state index in [1.807, 2.05) is 6.92 Å². The largest absolute Gasteiger partial charge is 0.483 e. The maximum Gasteiger partial charge on any atom is 0.302 e. The third-order valence-electron chi connectivity index (χ3n) is 6.63. The molecule has 43 heavy (non-hydrogen) atoms. The Kier molecular flexibility index (Phi) is 17.9. The van der Waals surface area contributed by atoms with E-state index in [0.717, 1.165) is 24.6 Å². The van der Waals surface area contributed by atoms with Gasteiger partial charge in [-0.1, -0.05) is 58.8 Å². The normalized spacial score (nSPS) is 24.2. The Hall–Kier alpha value is -3.60. The van der Waals surface area contributed by atoms with Crippen LogP contribution in [0.1, 0.15) is 74.7 Å². The average Bonchev–Trinajstić information content (AvgIpc) is 2.96. The Morgan fingerprint density at radius 2 is 1.37 bits per heavy atom. The van der Waals surface area contributed by atoms with E-state index in [4.69, 9.17) is 29.5 Å². The number of esters is 1. The summed E-state index contributed by atoms with van der Waals surface area (Å²) in [4.78, 5) is 31.3. The summed E-state index contributed by atoms with van der Waals surface area (Å²) in [5.41, 5.74) is 7.34. The highest BCUT2D eigenvalue weighted by Crippen LogP contribution is 2.29. The fourth-order valence-electron chi connectivity index (χ4n) is 4.40. The number of methoxy groups -OCH3 is 4. The van der Waals surface area contributed by atoms with Gasteiger partial charge in [-0.3, -0.25) is 4.79 Å². The summed E-state index contributed by atoms with van der Waals surface area (Å²) in [5.74, 6) is 2.95. The maximum atomic E-state index is 9.93.